The first-order chi connectivity index (χ1) is 14.6. The molecule has 0 aromatic heterocycles. The number of ether oxygens (including phenoxy) is 3. The van der Waals surface area contributed by atoms with Crippen LogP contribution in [0.4, 0.5) is 0 Å². The molecule has 0 amide bonds. The van der Waals surface area contributed by atoms with E-state index in [0.717, 1.165) is 22.4 Å². The fourth-order valence-electron chi connectivity index (χ4n) is 3.02. The van der Waals surface area contributed by atoms with Crippen LogP contribution in [0.5, 0.6) is 17.2 Å². The van der Waals surface area contributed by atoms with Crippen LogP contribution >= 0.6 is 23.2 Å². The van der Waals surface area contributed by atoms with Gasteiger partial charge in [0.15, 0.2) is 11.5 Å². The number of methoxy groups -OCH3 is 1. The van der Waals surface area contributed by atoms with Gasteiger partial charge in [0.25, 0.3) is 0 Å². The summed E-state index contributed by atoms with van der Waals surface area (Å²) < 4.78 is 17.2. The highest BCUT2D eigenvalue weighted by Gasteiger charge is 2.12. The maximum atomic E-state index is 6.53. The lowest BCUT2D eigenvalue weighted by Crippen LogP contribution is -2.14. The van der Waals surface area contributed by atoms with Crippen LogP contribution < -0.4 is 19.5 Å². The van der Waals surface area contributed by atoms with Crippen LogP contribution in [-0.2, 0) is 19.7 Å². The molecule has 0 heterocycles. The van der Waals surface area contributed by atoms with E-state index in [1.165, 1.54) is 0 Å². The summed E-state index contributed by atoms with van der Waals surface area (Å²) >= 11 is 12.5. The van der Waals surface area contributed by atoms with Crippen molar-refractivity contribution in [1.29, 1.82) is 0 Å². The number of rotatable bonds is 10. The van der Waals surface area contributed by atoms with Gasteiger partial charge in [0, 0.05) is 34.8 Å². The molecule has 6 heteroatoms. The Morgan fingerprint density at radius 2 is 1.50 bits per heavy atom. The quantitative estimate of drug-likeness (QED) is 0.399. The van der Waals surface area contributed by atoms with Gasteiger partial charge in [0.2, 0.25) is 0 Å². The fraction of sp³-hybridized carbons (Fsp3) is 0.250. The third-order valence-electron chi connectivity index (χ3n) is 4.54. The van der Waals surface area contributed by atoms with E-state index < -0.39 is 0 Å². The molecule has 0 saturated carbocycles. The maximum Gasteiger partial charge on any atom is 0.163 e. The Hall–Kier alpha value is -2.40. The van der Waals surface area contributed by atoms with Crippen LogP contribution in [0, 0.1) is 0 Å². The van der Waals surface area contributed by atoms with Crippen LogP contribution in [0.1, 0.15) is 23.6 Å². The first-order valence-electron chi connectivity index (χ1n) is 9.75. The third kappa shape index (κ3) is 6.05. The van der Waals surface area contributed by atoms with Gasteiger partial charge in [-0.25, -0.2) is 0 Å². The molecule has 0 aliphatic heterocycles. The number of nitrogens with one attached hydrogen (secondary N) is 1. The summed E-state index contributed by atoms with van der Waals surface area (Å²) in [6.45, 7) is 4.14. The van der Waals surface area contributed by atoms with Crippen molar-refractivity contribution in [3.63, 3.8) is 0 Å². The highest BCUT2D eigenvalue weighted by Crippen LogP contribution is 2.34. The smallest absolute Gasteiger partial charge is 0.163 e. The number of para-hydroxylation sites is 1. The maximum absolute atomic E-state index is 6.53. The Balaban J connectivity index is 1.68. The number of hydrogen-bond donors (Lipinski definition) is 1. The second-order valence-electron chi connectivity index (χ2n) is 6.65. The van der Waals surface area contributed by atoms with Gasteiger partial charge >= 0.3 is 0 Å². The van der Waals surface area contributed by atoms with Crippen LogP contribution in [0.2, 0.25) is 10.0 Å². The molecular formula is C24H25Cl2NO3. The number of halogens is 2. The zero-order chi connectivity index (χ0) is 21.3. The summed E-state index contributed by atoms with van der Waals surface area (Å²) in [7, 11) is 1.67. The van der Waals surface area contributed by atoms with Crippen molar-refractivity contribution in [3.05, 3.63) is 87.4 Å². The van der Waals surface area contributed by atoms with Crippen molar-refractivity contribution in [3.8, 4) is 17.2 Å². The lowest BCUT2D eigenvalue weighted by atomic mass is 10.1. The molecule has 1 N–H and O–H groups in total. The van der Waals surface area contributed by atoms with E-state index in [0.29, 0.717) is 47.8 Å². The Morgan fingerprint density at radius 1 is 0.800 bits per heavy atom. The minimum atomic E-state index is 0.402. The SMILES string of the molecule is CCOc1cc(CNCc2ccccc2OC)c(Cl)cc1OCc1ccc(Cl)cc1. The molecule has 0 bridgehead atoms. The minimum absolute atomic E-state index is 0.402. The molecule has 4 nitrogen and oxygen atoms in total. The summed E-state index contributed by atoms with van der Waals surface area (Å²) in [5.41, 5.74) is 3.04. The molecule has 0 fully saturated rings. The van der Waals surface area contributed by atoms with Crippen molar-refractivity contribution in [2.75, 3.05) is 13.7 Å². The molecule has 3 aromatic rings. The average molecular weight is 446 g/mol. The summed E-state index contributed by atoms with van der Waals surface area (Å²) in [6, 6.07) is 19.2. The van der Waals surface area contributed by atoms with Gasteiger partial charge in [-0.2, -0.15) is 0 Å². The average Bonchev–Trinajstić information content (AvgIpc) is 2.76. The Labute approximate surface area is 187 Å². The molecule has 0 aliphatic carbocycles. The molecule has 158 valence electrons. The highest BCUT2D eigenvalue weighted by molar-refractivity contribution is 6.31. The van der Waals surface area contributed by atoms with E-state index >= 15 is 0 Å². The van der Waals surface area contributed by atoms with Crippen molar-refractivity contribution >= 4 is 23.2 Å². The van der Waals surface area contributed by atoms with Crippen molar-refractivity contribution in [1.82, 2.24) is 5.32 Å². The van der Waals surface area contributed by atoms with Crippen LogP contribution in [0.15, 0.2) is 60.7 Å². The van der Waals surface area contributed by atoms with Gasteiger partial charge in [-0.05, 0) is 42.3 Å². The summed E-state index contributed by atoms with van der Waals surface area (Å²) in [5.74, 6) is 2.15. The molecule has 0 aliphatic rings. The lowest BCUT2D eigenvalue weighted by Gasteiger charge is -2.16. The van der Waals surface area contributed by atoms with E-state index in [1.54, 1.807) is 7.11 Å². The van der Waals surface area contributed by atoms with Crippen LogP contribution in [0.3, 0.4) is 0 Å². The van der Waals surface area contributed by atoms with E-state index in [1.807, 2.05) is 67.6 Å². The molecule has 3 rings (SSSR count). The standard InChI is InChI=1S/C24H25Cl2NO3/c1-3-29-23-12-19(15-27-14-18-6-4-5-7-22(18)28-2)21(26)13-24(23)30-16-17-8-10-20(25)11-9-17/h4-13,27H,3,14-16H2,1-2H3. The second kappa shape index (κ2) is 11.1. The zero-order valence-electron chi connectivity index (χ0n) is 17.1. The van der Waals surface area contributed by atoms with Gasteiger partial charge in [0.05, 0.1) is 13.7 Å². The van der Waals surface area contributed by atoms with Gasteiger partial charge in [-0.15, -0.1) is 0 Å². The normalized spacial score (nSPS) is 10.7. The van der Waals surface area contributed by atoms with E-state index in [-0.39, 0.29) is 0 Å². The van der Waals surface area contributed by atoms with E-state index in [9.17, 15) is 0 Å². The Kier molecular flexibility index (Phi) is 8.26. The van der Waals surface area contributed by atoms with Gasteiger partial charge in [-0.1, -0.05) is 53.5 Å². The summed E-state index contributed by atoms with van der Waals surface area (Å²) in [6.07, 6.45) is 0. The van der Waals surface area contributed by atoms with E-state index in [2.05, 4.69) is 5.32 Å². The van der Waals surface area contributed by atoms with Gasteiger partial charge in [0.1, 0.15) is 12.4 Å². The van der Waals surface area contributed by atoms with Crippen LogP contribution in [-0.4, -0.2) is 13.7 Å². The fourth-order valence-corrected chi connectivity index (χ4v) is 3.36. The van der Waals surface area contributed by atoms with Gasteiger partial charge < -0.3 is 19.5 Å². The molecule has 0 unspecified atom stereocenters. The van der Waals surface area contributed by atoms with Gasteiger partial charge in [-0.3, -0.25) is 0 Å². The predicted octanol–water partition coefficient (Wildman–Crippen LogP) is 6.27. The minimum Gasteiger partial charge on any atom is -0.496 e. The molecule has 0 atom stereocenters. The third-order valence-corrected chi connectivity index (χ3v) is 5.15. The Morgan fingerprint density at radius 3 is 2.23 bits per heavy atom. The molecule has 30 heavy (non-hydrogen) atoms. The monoisotopic (exact) mass is 445 g/mol. The second-order valence-corrected chi connectivity index (χ2v) is 7.50. The number of benzene rings is 3. The first-order valence-corrected chi connectivity index (χ1v) is 10.5. The van der Waals surface area contributed by atoms with Crippen molar-refractivity contribution in [2.24, 2.45) is 0 Å². The topological polar surface area (TPSA) is 39.7 Å². The molecule has 3 aromatic carbocycles. The van der Waals surface area contributed by atoms with E-state index in [4.69, 9.17) is 37.4 Å². The highest BCUT2D eigenvalue weighted by atomic mass is 35.5. The van der Waals surface area contributed by atoms with Crippen molar-refractivity contribution in [2.45, 2.75) is 26.6 Å². The molecular weight excluding hydrogens is 421 g/mol. The zero-order valence-corrected chi connectivity index (χ0v) is 18.6. The predicted molar refractivity (Wildman–Crippen MR) is 122 cm³/mol. The Bertz CT molecular complexity index is 961. The first kappa shape index (κ1) is 22.3. The molecule has 0 saturated heterocycles. The molecule has 0 radical (unpaired) electrons. The summed E-state index contributed by atoms with van der Waals surface area (Å²) in [4.78, 5) is 0. The molecule has 0 spiro atoms. The van der Waals surface area contributed by atoms with Crippen molar-refractivity contribution < 1.29 is 14.2 Å². The lowest BCUT2D eigenvalue weighted by molar-refractivity contribution is 0.269. The number of hydrogen-bond acceptors (Lipinski definition) is 4. The summed E-state index contributed by atoms with van der Waals surface area (Å²) in [5, 5.41) is 4.73. The largest absolute Gasteiger partial charge is 0.496 e. The van der Waals surface area contributed by atoms with Crippen LogP contribution in [0.25, 0.3) is 0 Å².